The number of likely N-dealkylation sites (tertiary alicyclic amines) is 1. The average Bonchev–Trinajstić information content (AvgIpc) is 2.43. The molecule has 1 N–H and O–H groups in total. The van der Waals surface area contributed by atoms with Gasteiger partial charge in [-0.25, -0.2) is 0 Å². The number of hydrogen-bond acceptors (Lipinski definition) is 3. The van der Waals surface area contributed by atoms with E-state index in [9.17, 15) is 0 Å². The van der Waals surface area contributed by atoms with Crippen LogP contribution in [0.2, 0.25) is 0 Å². The maximum atomic E-state index is 5.08. The van der Waals surface area contributed by atoms with Crippen molar-refractivity contribution in [3.63, 3.8) is 0 Å². The molecule has 3 heteroatoms. The predicted octanol–water partition coefficient (Wildman–Crippen LogP) is 2.76. The first kappa shape index (κ1) is 16.3. The lowest BCUT2D eigenvalue weighted by Gasteiger charge is -2.42. The molecule has 1 aliphatic heterocycles. The van der Waals surface area contributed by atoms with Crippen molar-refractivity contribution in [2.45, 2.75) is 52.0 Å². The van der Waals surface area contributed by atoms with Gasteiger partial charge >= 0.3 is 0 Å². The molecular weight excluding hydrogens is 248 g/mol. The first-order valence-corrected chi connectivity index (χ1v) is 8.62. The Hall–Kier alpha value is -0.120. The van der Waals surface area contributed by atoms with Crippen molar-refractivity contribution < 1.29 is 4.74 Å². The van der Waals surface area contributed by atoms with Gasteiger partial charge in [0.05, 0.1) is 6.61 Å². The normalized spacial score (nSPS) is 33.5. The van der Waals surface area contributed by atoms with E-state index in [0.717, 1.165) is 36.9 Å². The Bertz CT molecular complexity index is 254. The van der Waals surface area contributed by atoms with E-state index >= 15 is 0 Å². The third-order valence-electron chi connectivity index (χ3n) is 5.24. The summed E-state index contributed by atoms with van der Waals surface area (Å²) in [6, 6.07) is 0.871. The molecular formula is C17H34N2O. The average molecular weight is 282 g/mol. The van der Waals surface area contributed by atoms with Crippen molar-refractivity contribution in [3.8, 4) is 0 Å². The third kappa shape index (κ3) is 5.01. The van der Waals surface area contributed by atoms with Gasteiger partial charge in [-0.15, -0.1) is 0 Å². The molecule has 0 spiro atoms. The van der Waals surface area contributed by atoms with Crippen LogP contribution >= 0.6 is 0 Å². The number of piperidine rings is 1. The number of rotatable bonds is 6. The highest BCUT2D eigenvalue weighted by molar-refractivity contribution is 4.85. The van der Waals surface area contributed by atoms with Crippen molar-refractivity contribution in [1.82, 2.24) is 10.2 Å². The molecule has 1 saturated heterocycles. The van der Waals surface area contributed by atoms with Gasteiger partial charge in [-0.2, -0.15) is 0 Å². The second-order valence-electron chi connectivity index (χ2n) is 7.25. The fraction of sp³-hybridized carbons (Fsp3) is 1.00. The minimum absolute atomic E-state index is 0.830. The summed E-state index contributed by atoms with van der Waals surface area (Å²) in [6.45, 7) is 10.5. The van der Waals surface area contributed by atoms with Gasteiger partial charge in [-0.05, 0) is 69.5 Å². The Morgan fingerprint density at radius 1 is 1.05 bits per heavy atom. The summed E-state index contributed by atoms with van der Waals surface area (Å²) in [5.41, 5.74) is 0. The number of hydrogen-bond donors (Lipinski definition) is 1. The van der Waals surface area contributed by atoms with Crippen LogP contribution < -0.4 is 5.32 Å². The van der Waals surface area contributed by atoms with Crippen LogP contribution in [-0.4, -0.2) is 50.8 Å². The van der Waals surface area contributed by atoms with Gasteiger partial charge in [0.15, 0.2) is 0 Å². The third-order valence-corrected chi connectivity index (χ3v) is 5.24. The Labute approximate surface area is 125 Å². The molecule has 0 aromatic carbocycles. The van der Waals surface area contributed by atoms with Crippen molar-refractivity contribution >= 4 is 0 Å². The summed E-state index contributed by atoms with van der Waals surface area (Å²) in [6.07, 6.45) is 7.05. The lowest BCUT2D eigenvalue weighted by atomic mass is 9.79. The smallest absolute Gasteiger partial charge is 0.0587 e. The van der Waals surface area contributed by atoms with E-state index in [4.69, 9.17) is 4.74 Å². The maximum Gasteiger partial charge on any atom is 0.0587 e. The molecule has 2 rings (SSSR count). The number of nitrogens with zero attached hydrogens (tertiary/aromatic N) is 1. The lowest BCUT2D eigenvalue weighted by Crippen LogP contribution is -2.46. The van der Waals surface area contributed by atoms with Crippen LogP contribution in [0.5, 0.6) is 0 Å². The van der Waals surface area contributed by atoms with Gasteiger partial charge in [-0.3, -0.25) is 0 Å². The monoisotopic (exact) mass is 282 g/mol. The molecule has 2 atom stereocenters. The molecule has 0 bridgehead atoms. The molecule has 3 nitrogen and oxygen atoms in total. The van der Waals surface area contributed by atoms with Gasteiger partial charge in [0.2, 0.25) is 0 Å². The highest BCUT2D eigenvalue weighted by Gasteiger charge is 2.30. The quantitative estimate of drug-likeness (QED) is 0.758. The van der Waals surface area contributed by atoms with Gasteiger partial charge < -0.3 is 15.0 Å². The molecule has 118 valence electrons. The second-order valence-corrected chi connectivity index (χ2v) is 7.25. The second kappa shape index (κ2) is 8.35. The van der Waals surface area contributed by atoms with Crippen LogP contribution in [0.25, 0.3) is 0 Å². The number of nitrogens with one attached hydrogen (secondary N) is 1. The molecule has 0 aromatic rings. The molecule has 20 heavy (non-hydrogen) atoms. The molecule has 0 radical (unpaired) electrons. The van der Waals surface area contributed by atoms with Gasteiger partial charge in [-0.1, -0.05) is 13.8 Å². The van der Waals surface area contributed by atoms with E-state index < -0.39 is 0 Å². The van der Waals surface area contributed by atoms with Crippen LogP contribution in [-0.2, 0) is 4.74 Å². The number of ether oxygens (including phenoxy) is 1. The maximum absolute atomic E-state index is 5.08. The van der Waals surface area contributed by atoms with E-state index in [1.165, 1.54) is 51.7 Å². The summed E-state index contributed by atoms with van der Waals surface area (Å²) < 4.78 is 5.08. The van der Waals surface area contributed by atoms with Crippen LogP contribution in [0.15, 0.2) is 0 Å². The molecule has 0 amide bonds. The van der Waals surface area contributed by atoms with Crippen LogP contribution in [0.3, 0.4) is 0 Å². The van der Waals surface area contributed by atoms with Gasteiger partial charge in [0.1, 0.15) is 0 Å². The Kier molecular flexibility index (Phi) is 6.79. The van der Waals surface area contributed by atoms with Crippen LogP contribution in [0.1, 0.15) is 46.0 Å². The minimum Gasteiger partial charge on any atom is -0.383 e. The van der Waals surface area contributed by atoms with Crippen LogP contribution in [0.4, 0.5) is 0 Å². The first-order valence-electron chi connectivity index (χ1n) is 8.62. The van der Waals surface area contributed by atoms with E-state index in [0.29, 0.717) is 0 Å². The fourth-order valence-corrected chi connectivity index (χ4v) is 4.21. The Morgan fingerprint density at radius 2 is 1.70 bits per heavy atom. The highest BCUT2D eigenvalue weighted by atomic mass is 16.5. The molecule has 2 unspecified atom stereocenters. The van der Waals surface area contributed by atoms with E-state index in [1.54, 1.807) is 7.11 Å². The zero-order chi connectivity index (χ0) is 14.4. The molecule has 2 aliphatic rings. The summed E-state index contributed by atoms with van der Waals surface area (Å²) in [5, 5.41) is 3.52. The van der Waals surface area contributed by atoms with Crippen LogP contribution in [0, 0.1) is 17.8 Å². The van der Waals surface area contributed by atoms with Gasteiger partial charge in [0.25, 0.3) is 0 Å². The topological polar surface area (TPSA) is 24.5 Å². The zero-order valence-corrected chi connectivity index (χ0v) is 13.7. The van der Waals surface area contributed by atoms with Crippen molar-refractivity contribution in [1.29, 1.82) is 0 Å². The van der Waals surface area contributed by atoms with E-state index in [2.05, 4.69) is 24.1 Å². The molecule has 1 aliphatic carbocycles. The van der Waals surface area contributed by atoms with Crippen molar-refractivity contribution in [2.75, 3.05) is 39.9 Å². The van der Waals surface area contributed by atoms with Gasteiger partial charge in [0, 0.05) is 19.7 Å². The van der Waals surface area contributed by atoms with Crippen molar-refractivity contribution in [2.24, 2.45) is 17.8 Å². The summed E-state index contributed by atoms with van der Waals surface area (Å²) >= 11 is 0. The number of methoxy groups -OCH3 is 1. The summed E-state index contributed by atoms with van der Waals surface area (Å²) in [5.74, 6) is 2.73. The largest absolute Gasteiger partial charge is 0.383 e. The van der Waals surface area contributed by atoms with E-state index in [1.807, 2.05) is 0 Å². The fourth-order valence-electron chi connectivity index (χ4n) is 4.21. The highest BCUT2D eigenvalue weighted by Crippen LogP contribution is 2.33. The molecule has 0 aromatic heterocycles. The standard InChI is InChI=1S/C17H34N2O/c1-14-10-15(2)12-17(11-14)19-7-4-16(5-8-19)13-18-6-9-20-3/h14-18H,4-13H2,1-3H3. The molecule has 1 saturated carbocycles. The SMILES string of the molecule is COCCNCC1CCN(C2CC(C)CC(C)C2)CC1. The first-order chi connectivity index (χ1) is 9.69. The lowest BCUT2D eigenvalue weighted by molar-refractivity contribution is 0.0750. The summed E-state index contributed by atoms with van der Waals surface area (Å²) in [7, 11) is 1.77. The van der Waals surface area contributed by atoms with E-state index in [-0.39, 0.29) is 0 Å². The Balaban J connectivity index is 1.66. The van der Waals surface area contributed by atoms with Crippen molar-refractivity contribution in [3.05, 3.63) is 0 Å². The zero-order valence-electron chi connectivity index (χ0n) is 13.7. The predicted molar refractivity (Wildman–Crippen MR) is 85.0 cm³/mol. The summed E-state index contributed by atoms with van der Waals surface area (Å²) in [4.78, 5) is 2.79. The Morgan fingerprint density at radius 3 is 2.30 bits per heavy atom. The molecule has 2 fully saturated rings. The minimum atomic E-state index is 0.830. The molecule has 1 heterocycles.